The van der Waals surface area contributed by atoms with Gasteiger partial charge in [-0.25, -0.2) is 8.42 Å². The zero-order chi connectivity index (χ0) is 15.7. The van der Waals surface area contributed by atoms with Gasteiger partial charge < -0.3 is 4.90 Å². The van der Waals surface area contributed by atoms with E-state index in [2.05, 4.69) is 15.3 Å². The SMILES string of the molecule is CS(=O)(=O)c1cn[nH]c1C1CCCN1C(=O)Cn1cccn1. The van der Waals surface area contributed by atoms with Gasteiger partial charge in [0.1, 0.15) is 11.4 Å². The van der Waals surface area contributed by atoms with E-state index in [-0.39, 0.29) is 23.4 Å². The number of aromatic nitrogens is 4. The number of hydrogen-bond donors (Lipinski definition) is 1. The maximum absolute atomic E-state index is 12.5. The molecule has 3 heterocycles. The van der Waals surface area contributed by atoms with Crippen LogP contribution in [-0.4, -0.2) is 52.0 Å². The van der Waals surface area contributed by atoms with Crippen molar-refractivity contribution in [3.05, 3.63) is 30.4 Å². The average Bonchev–Trinajstić information content (AvgIpc) is 3.18. The van der Waals surface area contributed by atoms with Gasteiger partial charge >= 0.3 is 0 Å². The molecule has 1 aliphatic rings. The molecule has 1 amide bonds. The zero-order valence-corrected chi connectivity index (χ0v) is 13.0. The van der Waals surface area contributed by atoms with E-state index >= 15 is 0 Å². The molecule has 1 unspecified atom stereocenters. The Hall–Kier alpha value is -2.16. The normalized spacial score (nSPS) is 18.8. The summed E-state index contributed by atoms with van der Waals surface area (Å²) in [7, 11) is -3.38. The summed E-state index contributed by atoms with van der Waals surface area (Å²) in [6, 6.07) is 1.47. The molecule has 0 bridgehead atoms. The Balaban J connectivity index is 1.85. The summed E-state index contributed by atoms with van der Waals surface area (Å²) in [5.41, 5.74) is 0.494. The molecule has 0 aromatic carbocycles. The van der Waals surface area contributed by atoms with E-state index in [9.17, 15) is 13.2 Å². The van der Waals surface area contributed by atoms with Gasteiger partial charge in [0.2, 0.25) is 5.91 Å². The molecule has 3 rings (SSSR count). The summed E-state index contributed by atoms with van der Waals surface area (Å²) in [5.74, 6) is -0.0831. The van der Waals surface area contributed by atoms with Gasteiger partial charge in [-0.05, 0) is 18.9 Å². The van der Waals surface area contributed by atoms with Crippen LogP contribution in [0.1, 0.15) is 24.6 Å². The lowest BCUT2D eigenvalue weighted by Gasteiger charge is -2.24. The van der Waals surface area contributed by atoms with Crippen LogP contribution in [-0.2, 0) is 21.2 Å². The number of likely N-dealkylation sites (tertiary alicyclic amines) is 1. The largest absolute Gasteiger partial charge is 0.332 e. The van der Waals surface area contributed by atoms with Crippen molar-refractivity contribution in [1.82, 2.24) is 24.9 Å². The highest BCUT2D eigenvalue weighted by Gasteiger charge is 2.34. The van der Waals surface area contributed by atoms with Crippen LogP contribution >= 0.6 is 0 Å². The van der Waals surface area contributed by atoms with Crippen LogP contribution < -0.4 is 0 Å². The molecule has 0 saturated carbocycles. The second-order valence-corrected chi connectivity index (χ2v) is 7.35. The van der Waals surface area contributed by atoms with Gasteiger partial charge in [0, 0.05) is 25.2 Å². The molecule has 9 heteroatoms. The van der Waals surface area contributed by atoms with E-state index in [4.69, 9.17) is 0 Å². The number of sulfone groups is 1. The minimum Gasteiger partial charge on any atom is -0.332 e. The van der Waals surface area contributed by atoms with Crippen LogP contribution in [0.3, 0.4) is 0 Å². The molecular formula is C13H17N5O3S. The van der Waals surface area contributed by atoms with Gasteiger partial charge in [0.05, 0.1) is 17.9 Å². The number of aromatic amines is 1. The second kappa shape index (κ2) is 5.56. The highest BCUT2D eigenvalue weighted by atomic mass is 32.2. The smallest absolute Gasteiger partial charge is 0.244 e. The van der Waals surface area contributed by atoms with Gasteiger partial charge in [0.25, 0.3) is 0 Å². The van der Waals surface area contributed by atoms with E-state index in [1.165, 1.54) is 6.20 Å². The topological polar surface area (TPSA) is 101 Å². The predicted molar refractivity (Wildman–Crippen MR) is 77.6 cm³/mol. The second-order valence-electron chi connectivity index (χ2n) is 5.37. The third-order valence-electron chi connectivity index (χ3n) is 3.79. The van der Waals surface area contributed by atoms with Crippen molar-refractivity contribution in [2.24, 2.45) is 0 Å². The highest BCUT2D eigenvalue weighted by molar-refractivity contribution is 7.90. The molecular weight excluding hydrogens is 306 g/mol. The van der Waals surface area contributed by atoms with Gasteiger partial charge in [-0.3, -0.25) is 14.6 Å². The highest BCUT2D eigenvalue weighted by Crippen LogP contribution is 2.34. The van der Waals surface area contributed by atoms with Crippen LogP contribution in [0.4, 0.5) is 0 Å². The van der Waals surface area contributed by atoms with Crippen molar-refractivity contribution in [3.63, 3.8) is 0 Å². The van der Waals surface area contributed by atoms with Gasteiger partial charge in [-0.15, -0.1) is 0 Å². The van der Waals surface area contributed by atoms with E-state index in [1.807, 2.05) is 0 Å². The number of nitrogens with one attached hydrogen (secondary N) is 1. The number of H-pyrrole nitrogens is 1. The Bertz CT molecular complexity index is 765. The molecule has 22 heavy (non-hydrogen) atoms. The van der Waals surface area contributed by atoms with Crippen molar-refractivity contribution < 1.29 is 13.2 Å². The first-order chi connectivity index (χ1) is 10.5. The van der Waals surface area contributed by atoms with Crippen molar-refractivity contribution in [1.29, 1.82) is 0 Å². The van der Waals surface area contributed by atoms with Crippen molar-refractivity contribution in [2.75, 3.05) is 12.8 Å². The Kier molecular flexibility index (Phi) is 3.73. The summed E-state index contributed by atoms with van der Waals surface area (Å²) in [6.45, 7) is 0.749. The quantitative estimate of drug-likeness (QED) is 0.876. The summed E-state index contributed by atoms with van der Waals surface area (Å²) in [6.07, 6.45) is 7.34. The van der Waals surface area contributed by atoms with E-state index < -0.39 is 9.84 Å². The first kappa shape index (κ1) is 14.8. The van der Waals surface area contributed by atoms with Crippen LogP contribution in [0.2, 0.25) is 0 Å². The standard InChI is InChI=1S/C13H17N5O3S/c1-22(20,21)11-8-14-16-13(11)10-4-2-7-18(10)12(19)9-17-6-3-5-15-17/h3,5-6,8,10H,2,4,7,9H2,1H3,(H,14,16). The molecule has 2 aromatic heterocycles. The van der Waals surface area contributed by atoms with Crippen LogP contribution in [0.5, 0.6) is 0 Å². The van der Waals surface area contributed by atoms with E-state index in [0.29, 0.717) is 12.2 Å². The molecule has 1 saturated heterocycles. The Morgan fingerprint density at radius 1 is 1.50 bits per heavy atom. The zero-order valence-electron chi connectivity index (χ0n) is 12.1. The molecule has 1 fully saturated rings. The number of carbonyl (C=O) groups is 1. The third kappa shape index (κ3) is 2.76. The predicted octanol–water partition coefficient (Wildman–Crippen LogP) is 0.373. The summed E-state index contributed by atoms with van der Waals surface area (Å²) < 4.78 is 25.2. The summed E-state index contributed by atoms with van der Waals surface area (Å²) >= 11 is 0. The number of nitrogens with zero attached hydrogens (tertiary/aromatic N) is 4. The van der Waals surface area contributed by atoms with Gasteiger partial charge in [-0.2, -0.15) is 10.2 Å². The number of amides is 1. The van der Waals surface area contributed by atoms with E-state index in [0.717, 1.165) is 19.1 Å². The minimum atomic E-state index is -3.38. The minimum absolute atomic E-state index is 0.0831. The molecule has 2 aromatic rings. The van der Waals surface area contributed by atoms with Crippen LogP contribution in [0, 0.1) is 0 Å². The van der Waals surface area contributed by atoms with Crippen molar-refractivity contribution in [2.45, 2.75) is 30.3 Å². The fourth-order valence-electron chi connectivity index (χ4n) is 2.81. The maximum atomic E-state index is 12.5. The number of rotatable bonds is 4. The molecule has 8 nitrogen and oxygen atoms in total. The Labute approximate surface area is 128 Å². The van der Waals surface area contributed by atoms with E-state index in [1.54, 1.807) is 28.0 Å². The lowest BCUT2D eigenvalue weighted by atomic mass is 10.1. The molecule has 0 radical (unpaired) electrons. The number of carbonyl (C=O) groups excluding carboxylic acids is 1. The fraction of sp³-hybridized carbons (Fsp3) is 0.462. The number of hydrogen-bond acceptors (Lipinski definition) is 5. The third-order valence-corrected chi connectivity index (χ3v) is 4.92. The van der Waals surface area contributed by atoms with Crippen LogP contribution in [0.25, 0.3) is 0 Å². The molecule has 1 atom stereocenters. The first-order valence-electron chi connectivity index (χ1n) is 6.97. The molecule has 118 valence electrons. The lowest BCUT2D eigenvalue weighted by molar-refractivity contribution is -0.133. The summed E-state index contributed by atoms with van der Waals surface area (Å²) in [4.78, 5) is 14.3. The molecule has 0 spiro atoms. The molecule has 1 N–H and O–H groups in total. The van der Waals surface area contributed by atoms with Crippen LogP contribution in [0.15, 0.2) is 29.6 Å². The molecule has 1 aliphatic heterocycles. The van der Waals surface area contributed by atoms with Crippen molar-refractivity contribution in [3.8, 4) is 0 Å². The monoisotopic (exact) mass is 323 g/mol. The Morgan fingerprint density at radius 2 is 2.32 bits per heavy atom. The van der Waals surface area contributed by atoms with Gasteiger partial charge in [-0.1, -0.05) is 0 Å². The van der Waals surface area contributed by atoms with Gasteiger partial charge in [0.15, 0.2) is 9.84 Å². The first-order valence-corrected chi connectivity index (χ1v) is 8.86. The van der Waals surface area contributed by atoms with Crippen molar-refractivity contribution >= 4 is 15.7 Å². The summed E-state index contributed by atoms with van der Waals surface area (Å²) in [5, 5.41) is 10.6. The fourth-order valence-corrected chi connectivity index (χ4v) is 3.63. The average molecular weight is 323 g/mol. The Morgan fingerprint density at radius 3 is 3.00 bits per heavy atom. The molecule has 0 aliphatic carbocycles. The lowest BCUT2D eigenvalue weighted by Crippen LogP contribution is -2.34. The maximum Gasteiger partial charge on any atom is 0.244 e.